The van der Waals surface area contributed by atoms with Gasteiger partial charge in [-0.3, -0.25) is 9.59 Å². The van der Waals surface area contributed by atoms with Crippen molar-refractivity contribution in [1.82, 2.24) is 0 Å². The van der Waals surface area contributed by atoms with Crippen LogP contribution in [-0.4, -0.2) is 17.9 Å². The quantitative estimate of drug-likeness (QED) is 0.332. The fourth-order valence-corrected chi connectivity index (χ4v) is 7.64. The van der Waals surface area contributed by atoms with Crippen molar-refractivity contribution in [2.45, 2.75) is 112 Å². The third-order valence-electron chi connectivity index (χ3n) is 9.18. The van der Waals surface area contributed by atoms with E-state index >= 15 is 0 Å². The van der Waals surface area contributed by atoms with Crippen LogP contribution in [0.3, 0.4) is 0 Å². The van der Waals surface area contributed by atoms with E-state index in [1.54, 1.807) is 0 Å². The molecule has 0 unspecified atom stereocenters. The molecule has 3 heteroatoms. The van der Waals surface area contributed by atoms with E-state index in [4.69, 9.17) is 4.74 Å². The maximum atomic E-state index is 13.0. The van der Waals surface area contributed by atoms with Gasteiger partial charge in [0.2, 0.25) is 0 Å². The minimum absolute atomic E-state index is 0.279. The van der Waals surface area contributed by atoms with Crippen LogP contribution in [0.15, 0.2) is 11.6 Å². The van der Waals surface area contributed by atoms with E-state index in [2.05, 4.69) is 40.7 Å². The molecule has 2 saturated carbocycles. The van der Waals surface area contributed by atoms with Gasteiger partial charge in [0.05, 0.1) is 0 Å². The number of rotatable bonds is 6. The van der Waals surface area contributed by atoms with Crippen molar-refractivity contribution in [3.63, 3.8) is 0 Å². The lowest BCUT2D eigenvalue weighted by atomic mass is 9.54. The van der Waals surface area contributed by atoms with Crippen LogP contribution < -0.4 is 0 Å². The highest BCUT2D eigenvalue weighted by Gasteiger charge is 2.55. The zero-order chi connectivity index (χ0) is 22.8. The van der Waals surface area contributed by atoms with Crippen molar-refractivity contribution in [2.24, 2.45) is 40.9 Å². The summed E-state index contributed by atoms with van der Waals surface area (Å²) < 4.78 is 5.46. The maximum Gasteiger partial charge on any atom is 0.302 e. The van der Waals surface area contributed by atoms with Gasteiger partial charge in [-0.2, -0.15) is 0 Å². The summed E-state index contributed by atoms with van der Waals surface area (Å²) in [5.41, 5.74) is 1.80. The number of hydrogen-bond acceptors (Lipinski definition) is 3. The van der Waals surface area contributed by atoms with E-state index < -0.39 is 0 Å². The Bertz CT molecular complexity index is 678. The van der Waals surface area contributed by atoms with Crippen LogP contribution in [-0.2, 0) is 14.3 Å². The van der Waals surface area contributed by atoms with E-state index in [0.717, 1.165) is 17.8 Å². The average Bonchev–Trinajstić information content (AvgIpc) is 3.04. The largest absolute Gasteiger partial charge is 0.462 e. The van der Waals surface area contributed by atoms with Crippen molar-refractivity contribution < 1.29 is 14.3 Å². The van der Waals surface area contributed by atoms with Gasteiger partial charge in [-0.15, -0.1) is 0 Å². The SMILES string of the molecule is CC(=O)O[C@H]1C/C=C(/C)[C@H]2CC[C@]3(C)[C@@H]([C@H](C)CCCC(C)C)CC[C@H]3[C@@H]2CC(=O)C1. The van der Waals surface area contributed by atoms with Crippen molar-refractivity contribution >= 4 is 11.8 Å². The summed E-state index contributed by atoms with van der Waals surface area (Å²) in [7, 11) is 0. The Kier molecular flexibility index (Phi) is 8.08. The first-order valence-corrected chi connectivity index (χ1v) is 13.0. The number of carbonyl (C=O) groups is 2. The molecule has 0 aromatic heterocycles. The molecule has 0 bridgehead atoms. The Morgan fingerprint density at radius 3 is 2.58 bits per heavy atom. The molecule has 0 N–H and O–H groups in total. The van der Waals surface area contributed by atoms with Crippen molar-refractivity contribution in [3.05, 3.63) is 11.6 Å². The summed E-state index contributed by atoms with van der Waals surface area (Å²) in [5.74, 6) is 4.03. The topological polar surface area (TPSA) is 43.4 Å². The molecule has 0 heterocycles. The number of ketones is 1. The van der Waals surface area contributed by atoms with Gasteiger partial charge in [0.1, 0.15) is 11.9 Å². The minimum Gasteiger partial charge on any atom is -0.462 e. The second-order valence-electron chi connectivity index (χ2n) is 11.8. The number of fused-ring (bicyclic) bond motifs is 3. The molecule has 31 heavy (non-hydrogen) atoms. The van der Waals surface area contributed by atoms with E-state index in [0.29, 0.717) is 48.2 Å². The lowest BCUT2D eigenvalue weighted by Crippen LogP contribution is -2.43. The Balaban J connectivity index is 1.75. The molecule has 3 rings (SSSR count). The highest BCUT2D eigenvalue weighted by molar-refractivity contribution is 5.80. The third kappa shape index (κ3) is 5.63. The van der Waals surface area contributed by atoms with Gasteiger partial charge >= 0.3 is 5.97 Å². The maximum absolute atomic E-state index is 13.0. The third-order valence-corrected chi connectivity index (χ3v) is 9.18. The van der Waals surface area contributed by atoms with Crippen molar-refractivity contribution in [1.29, 1.82) is 0 Å². The molecule has 0 aliphatic heterocycles. The lowest BCUT2D eigenvalue weighted by Gasteiger charge is -2.50. The van der Waals surface area contributed by atoms with Crippen LogP contribution in [0.5, 0.6) is 0 Å². The predicted octanol–water partition coefficient (Wildman–Crippen LogP) is 7.14. The smallest absolute Gasteiger partial charge is 0.302 e. The fraction of sp³-hybridized carbons (Fsp3) is 0.857. The summed E-state index contributed by atoms with van der Waals surface area (Å²) in [6, 6.07) is 0. The summed E-state index contributed by atoms with van der Waals surface area (Å²) in [4.78, 5) is 24.5. The van der Waals surface area contributed by atoms with E-state index in [9.17, 15) is 9.59 Å². The van der Waals surface area contributed by atoms with Crippen molar-refractivity contribution in [2.75, 3.05) is 0 Å². The molecule has 0 aromatic carbocycles. The van der Waals surface area contributed by atoms with Crippen LogP contribution in [0.4, 0.5) is 0 Å². The first-order valence-electron chi connectivity index (χ1n) is 13.0. The van der Waals surface area contributed by atoms with Crippen molar-refractivity contribution in [3.8, 4) is 0 Å². The first kappa shape index (κ1) is 24.5. The predicted molar refractivity (Wildman–Crippen MR) is 127 cm³/mol. The number of hydrogen-bond donors (Lipinski definition) is 0. The monoisotopic (exact) mass is 430 g/mol. The van der Waals surface area contributed by atoms with Crippen LogP contribution >= 0.6 is 0 Å². The van der Waals surface area contributed by atoms with Crippen LogP contribution in [0.25, 0.3) is 0 Å². The van der Waals surface area contributed by atoms with Gasteiger partial charge in [-0.25, -0.2) is 0 Å². The molecule has 0 aromatic rings. The van der Waals surface area contributed by atoms with Gasteiger partial charge in [-0.1, -0.05) is 58.6 Å². The molecular formula is C28H46O3. The molecule has 3 nitrogen and oxygen atoms in total. The second kappa shape index (κ2) is 10.2. The fourth-order valence-electron chi connectivity index (χ4n) is 7.64. The molecule has 0 amide bonds. The summed E-state index contributed by atoms with van der Waals surface area (Å²) in [6.45, 7) is 13.4. The number of allylic oxidation sites excluding steroid dienone is 1. The number of ether oxygens (including phenoxy) is 1. The molecule has 2 fully saturated rings. The van der Waals surface area contributed by atoms with E-state index in [-0.39, 0.29) is 12.1 Å². The number of esters is 1. The second-order valence-corrected chi connectivity index (χ2v) is 11.8. The van der Waals surface area contributed by atoms with Crippen LogP contribution in [0, 0.1) is 40.9 Å². The molecule has 0 radical (unpaired) electrons. The van der Waals surface area contributed by atoms with Gasteiger partial charge < -0.3 is 4.74 Å². The molecule has 0 saturated heterocycles. The Morgan fingerprint density at radius 2 is 1.90 bits per heavy atom. The highest BCUT2D eigenvalue weighted by Crippen LogP contribution is 2.62. The Labute approximate surface area is 190 Å². The molecule has 176 valence electrons. The normalized spacial score (nSPS) is 38.9. The molecular weight excluding hydrogens is 384 g/mol. The van der Waals surface area contributed by atoms with E-state index in [1.165, 1.54) is 57.4 Å². The van der Waals surface area contributed by atoms with Crippen LogP contribution in [0.1, 0.15) is 106 Å². The van der Waals surface area contributed by atoms with Gasteiger partial charge in [-0.05, 0) is 73.5 Å². The molecule has 3 aliphatic carbocycles. The molecule has 7 atom stereocenters. The Morgan fingerprint density at radius 1 is 1.16 bits per heavy atom. The molecule has 3 aliphatic rings. The summed E-state index contributed by atoms with van der Waals surface area (Å²) in [5, 5.41) is 0. The lowest BCUT2D eigenvalue weighted by molar-refractivity contribution is -0.147. The first-order chi connectivity index (χ1) is 14.6. The number of Topliss-reactive ketones (excluding diaryl/α,β-unsaturated/α-hetero) is 1. The van der Waals surface area contributed by atoms with Gasteiger partial charge in [0.15, 0.2) is 0 Å². The zero-order valence-corrected chi connectivity index (χ0v) is 20.9. The van der Waals surface area contributed by atoms with Gasteiger partial charge in [0.25, 0.3) is 0 Å². The zero-order valence-electron chi connectivity index (χ0n) is 20.9. The summed E-state index contributed by atoms with van der Waals surface area (Å²) >= 11 is 0. The Hall–Kier alpha value is -1.12. The minimum atomic E-state index is -0.288. The summed E-state index contributed by atoms with van der Waals surface area (Å²) in [6.07, 6.45) is 12.9. The highest BCUT2D eigenvalue weighted by atomic mass is 16.5. The number of carbonyl (C=O) groups excluding carboxylic acids is 2. The average molecular weight is 431 g/mol. The van der Waals surface area contributed by atoms with Crippen LogP contribution in [0.2, 0.25) is 0 Å². The standard InChI is InChI=1S/C28H46O3/c1-18(2)8-7-9-20(4)26-12-13-27-25-17-22(30)16-23(31-21(5)29)11-10-19(3)24(25)14-15-28(26,27)6/h10,18,20,23-27H,7-9,11-17H2,1-6H3/b19-10-/t20-,23+,24-,25-,26-,27+,28-/m1/s1. The van der Waals surface area contributed by atoms with E-state index in [1.807, 2.05) is 0 Å². The molecule has 0 spiro atoms. The van der Waals surface area contributed by atoms with Gasteiger partial charge in [0, 0.05) is 26.2 Å².